The van der Waals surface area contributed by atoms with Gasteiger partial charge in [0.05, 0.1) is 0 Å². The van der Waals surface area contributed by atoms with Crippen LogP contribution in [-0.2, 0) is 14.3 Å². The largest absolute Gasteiger partial charge is 0.458 e. The van der Waals surface area contributed by atoms with Crippen LogP contribution in [0.25, 0.3) is 0 Å². The van der Waals surface area contributed by atoms with E-state index in [4.69, 9.17) is 21.1 Å². The zero-order valence-electron chi connectivity index (χ0n) is 7.38. The summed E-state index contributed by atoms with van der Waals surface area (Å²) in [6, 6.07) is 0. The number of ether oxygens (including phenoxy) is 2. The molecule has 0 aromatic rings. The molecule has 0 aromatic heterocycles. The summed E-state index contributed by atoms with van der Waals surface area (Å²) in [4.78, 5) is 11.0. The first-order chi connectivity index (χ1) is 5.99. The number of alkyl halides is 1. The van der Waals surface area contributed by atoms with Crippen LogP contribution in [0, 0.1) is 0 Å². The van der Waals surface area contributed by atoms with Crippen LogP contribution in [0.5, 0.6) is 0 Å². The lowest BCUT2D eigenvalue weighted by Crippen LogP contribution is -2.18. The summed E-state index contributed by atoms with van der Waals surface area (Å²) in [6.45, 7) is 8.55. The Balaban J connectivity index is 2.32. The van der Waals surface area contributed by atoms with Gasteiger partial charge in [0.25, 0.3) is 0 Å². The Hall–Kier alpha value is -0.800. The van der Waals surface area contributed by atoms with Gasteiger partial charge in [-0.3, -0.25) is 0 Å². The summed E-state index contributed by atoms with van der Waals surface area (Å²) in [5, 5.41) is -0.896. The van der Waals surface area contributed by atoms with E-state index in [2.05, 4.69) is 13.2 Å². The van der Waals surface area contributed by atoms with Crippen LogP contribution in [0.4, 0.5) is 0 Å². The highest BCUT2D eigenvalue weighted by Gasteiger charge is 2.54. The maximum atomic E-state index is 11.0. The summed E-state index contributed by atoms with van der Waals surface area (Å²) in [6.07, 6.45) is 1.34. The van der Waals surface area contributed by atoms with Gasteiger partial charge < -0.3 is 9.47 Å². The second-order valence-corrected chi connectivity index (χ2v) is 3.56. The summed E-state index contributed by atoms with van der Waals surface area (Å²) in [5.74, 6) is -0.460. The highest BCUT2D eigenvalue weighted by molar-refractivity contribution is 6.25. The van der Waals surface area contributed by atoms with Crippen molar-refractivity contribution >= 4 is 17.6 Å². The average molecular weight is 203 g/mol. The third kappa shape index (κ3) is 2.32. The van der Waals surface area contributed by atoms with E-state index in [1.165, 1.54) is 0 Å². The molecule has 72 valence electrons. The number of hydrogen-bond acceptors (Lipinski definition) is 3. The monoisotopic (exact) mass is 202 g/mol. The molecule has 2 atom stereocenters. The predicted molar refractivity (Wildman–Crippen MR) is 49.4 cm³/mol. The Morgan fingerprint density at radius 1 is 1.85 bits per heavy atom. The lowest BCUT2D eigenvalue weighted by Gasteiger charge is -2.05. The van der Waals surface area contributed by atoms with Gasteiger partial charge in [-0.15, -0.1) is 6.58 Å². The van der Waals surface area contributed by atoms with Crippen molar-refractivity contribution < 1.29 is 14.3 Å². The normalized spacial score (nSPS) is 30.8. The average Bonchev–Trinajstić information content (AvgIpc) is 2.73. The quantitative estimate of drug-likeness (QED) is 0.229. The third-order valence-corrected chi connectivity index (χ3v) is 2.07. The number of epoxide rings is 1. The van der Waals surface area contributed by atoms with E-state index in [-0.39, 0.29) is 12.7 Å². The molecule has 1 fully saturated rings. The van der Waals surface area contributed by atoms with E-state index >= 15 is 0 Å². The second kappa shape index (κ2) is 3.52. The van der Waals surface area contributed by atoms with Crippen molar-refractivity contribution in [3.05, 3.63) is 24.8 Å². The fraction of sp³-hybridized carbons (Fsp3) is 0.444. The van der Waals surface area contributed by atoms with E-state index in [1.807, 2.05) is 0 Å². The number of carbonyl (C=O) groups excluding carboxylic acids is 1. The standard InChI is InChI=1S/C9H11ClO3/c1-4-7-9(10,13-7)5-12-8(11)6(2)3/h4,7H,1-2,5H2,3H3. The number of rotatable bonds is 4. The molecule has 0 saturated carbocycles. The molecular weight excluding hydrogens is 192 g/mol. The Bertz CT molecular complexity index is 262. The van der Waals surface area contributed by atoms with Crippen molar-refractivity contribution in [1.82, 2.24) is 0 Å². The fourth-order valence-electron chi connectivity index (χ4n) is 0.804. The molecule has 0 N–H and O–H groups in total. The van der Waals surface area contributed by atoms with Crippen molar-refractivity contribution in [2.75, 3.05) is 6.61 Å². The molecular formula is C9H11ClO3. The number of carbonyl (C=O) groups is 1. The molecule has 0 aromatic carbocycles. The molecule has 0 bridgehead atoms. The number of halogens is 1. The molecule has 13 heavy (non-hydrogen) atoms. The van der Waals surface area contributed by atoms with Crippen LogP contribution in [-0.4, -0.2) is 23.7 Å². The van der Waals surface area contributed by atoms with E-state index in [0.29, 0.717) is 5.57 Å². The zero-order chi connectivity index (χ0) is 10.1. The minimum atomic E-state index is -0.896. The topological polar surface area (TPSA) is 38.8 Å². The molecule has 1 aliphatic heterocycles. The number of hydrogen-bond donors (Lipinski definition) is 0. The Kier molecular flexibility index (Phi) is 2.78. The van der Waals surface area contributed by atoms with E-state index in [9.17, 15) is 4.79 Å². The molecule has 0 amide bonds. The molecule has 3 nitrogen and oxygen atoms in total. The van der Waals surface area contributed by atoms with E-state index in [1.54, 1.807) is 13.0 Å². The van der Waals surface area contributed by atoms with Gasteiger partial charge in [-0.25, -0.2) is 4.79 Å². The van der Waals surface area contributed by atoms with Crippen molar-refractivity contribution in [2.45, 2.75) is 18.1 Å². The first-order valence-corrected chi connectivity index (χ1v) is 4.19. The molecule has 2 unspecified atom stereocenters. The summed E-state index contributed by atoms with van der Waals surface area (Å²) in [5.41, 5.74) is 0.344. The molecule has 0 radical (unpaired) electrons. The van der Waals surface area contributed by atoms with Gasteiger partial charge in [0.2, 0.25) is 5.06 Å². The lowest BCUT2D eigenvalue weighted by atomic mass is 10.3. The van der Waals surface area contributed by atoms with Gasteiger partial charge in [-0.1, -0.05) is 24.3 Å². The van der Waals surface area contributed by atoms with Crippen molar-refractivity contribution in [3.8, 4) is 0 Å². The van der Waals surface area contributed by atoms with Crippen LogP contribution < -0.4 is 0 Å². The van der Waals surface area contributed by atoms with Gasteiger partial charge >= 0.3 is 5.97 Å². The minimum Gasteiger partial charge on any atom is -0.458 e. The molecule has 1 rings (SSSR count). The van der Waals surface area contributed by atoms with Gasteiger partial charge in [0.1, 0.15) is 12.7 Å². The van der Waals surface area contributed by atoms with Gasteiger partial charge in [0, 0.05) is 5.57 Å². The smallest absolute Gasteiger partial charge is 0.333 e. The van der Waals surface area contributed by atoms with Crippen LogP contribution >= 0.6 is 11.6 Å². The molecule has 1 heterocycles. The van der Waals surface area contributed by atoms with Crippen LogP contribution in [0.3, 0.4) is 0 Å². The highest BCUT2D eigenvalue weighted by Crippen LogP contribution is 2.41. The molecule has 1 aliphatic rings. The van der Waals surface area contributed by atoms with Gasteiger partial charge in [-0.2, -0.15) is 0 Å². The van der Waals surface area contributed by atoms with Crippen LogP contribution in [0.1, 0.15) is 6.92 Å². The second-order valence-electron chi connectivity index (χ2n) is 2.92. The first kappa shape index (κ1) is 10.3. The minimum absolute atomic E-state index is 0.0247. The molecule has 1 saturated heterocycles. The van der Waals surface area contributed by atoms with Gasteiger partial charge in [0.15, 0.2) is 0 Å². The van der Waals surface area contributed by atoms with E-state index in [0.717, 1.165) is 0 Å². The van der Waals surface area contributed by atoms with Crippen molar-refractivity contribution in [1.29, 1.82) is 0 Å². The summed E-state index contributed by atoms with van der Waals surface area (Å²) < 4.78 is 9.84. The third-order valence-electron chi connectivity index (χ3n) is 1.65. The Morgan fingerprint density at radius 3 is 2.85 bits per heavy atom. The molecule has 4 heteroatoms. The molecule has 0 spiro atoms. The Labute approximate surface area is 82.0 Å². The Morgan fingerprint density at radius 2 is 2.46 bits per heavy atom. The SMILES string of the molecule is C=CC1OC1(Cl)COC(=O)C(=C)C. The highest BCUT2D eigenvalue weighted by atomic mass is 35.5. The summed E-state index contributed by atoms with van der Waals surface area (Å²) >= 11 is 5.86. The lowest BCUT2D eigenvalue weighted by molar-refractivity contribution is -0.139. The van der Waals surface area contributed by atoms with E-state index < -0.39 is 11.0 Å². The van der Waals surface area contributed by atoms with Crippen molar-refractivity contribution in [3.63, 3.8) is 0 Å². The van der Waals surface area contributed by atoms with Crippen LogP contribution in [0.2, 0.25) is 0 Å². The van der Waals surface area contributed by atoms with Gasteiger partial charge in [-0.05, 0) is 6.92 Å². The van der Waals surface area contributed by atoms with Crippen molar-refractivity contribution in [2.24, 2.45) is 0 Å². The first-order valence-electron chi connectivity index (χ1n) is 3.81. The predicted octanol–water partition coefficient (Wildman–Crippen LogP) is 1.63. The number of esters is 1. The maximum Gasteiger partial charge on any atom is 0.333 e. The summed E-state index contributed by atoms with van der Waals surface area (Å²) in [7, 11) is 0. The van der Waals surface area contributed by atoms with Crippen LogP contribution in [0.15, 0.2) is 24.8 Å². The fourth-order valence-corrected chi connectivity index (χ4v) is 1.04. The maximum absolute atomic E-state index is 11.0. The molecule has 0 aliphatic carbocycles. The zero-order valence-corrected chi connectivity index (χ0v) is 8.13.